The van der Waals surface area contributed by atoms with Gasteiger partial charge in [-0.05, 0) is 37.3 Å². The highest BCUT2D eigenvalue weighted by atomic mass is 15.1. The molecule has 2 N–H and O–H groups in total. The van der Waals surface area contributed by atoms with Gasteiger partial charge >= 0.3 is 0 Å². The van der Waals surface area contributed by atoms with E-state index in [-0.39, 0.29) is 0 Å². The molecule has 1 heterocycles. The predicted octanol–water partition coefficient (Wildman–Crippen LogP) is 1.56. The molecule has 1 saturated carbocycles. The molecule has 0 saturated heterocycles. The van der Waals surface area contributed by atoms with Crippen LogP contribution in [0, 0.1) is 12.8 Å². The van der Waals surface area contributed by atoms with Crippen molar-refractivity contribution in [3.05, 3.63) is 24.0 Å². The Labute approximate surface area is 91.3 Å². The summed E-state index contributed by atoms with van der Waals surface area (Å²) in [6, 6.07) is 2.52. The van der Waals surface area contributed by atoms with Crippen molar-refractivity contribution in [3.8, 4) is 0 Å². The van der Waals surface area contributed by atoms with Gasteiger partial charge in [0.05, 0.1) is 0 Å². The van der Waals surface area contributed by atoms with Gasteiger partial charge in [-0.25, -0.2) is 0 Å². The van der Waals surface area contributed by atoms with Crippen molar-refractivity contribution in [2.24, 2.45) is 11.7 Å². The largest absolute Gasteiger partial charge is 0.374 e. The minimum absolute atomic E-state index is 0.446. The zero-order chi connectivity index (χ0) is 10.8. The third kappa shape index (κ3) is 2.29. The first-order valence-corrected chi connectivity index (χ1v) is 5.54. The van der Waals surface area contributed by atoms with Gasteiger partial charge in [-0.2, -0.15) is 0 Å². The molecule has 1 fully saturated rings. The van der Waals surface area contributed by atoms with Crippen LogP contribution in [0.1, 0.15) is 18.4 Å². The van der Waals surface area contributed by atoms with E-state index in [1.807, 2.05) is 12.4 Å². The van der Waals surface area contributed by atoms with E-state index >= 15 is 0 Å². The molecule has 1 aliphatic rings. The molecule has 0 aromatic carbocycles. The summed E-state index contributed by atoms with van der Waals surface area (Å²) >= 11 is 0. The van der Waals surface area contributed by atoms with Crippen molar-refractivity contribution < 1.29 is 0 Å². The van der Waals surface area contributed by atoms with Crippen LogP contribution in [-0.2, 0) is 0 Å². The van der Waals surface area contributed by atoms with Crippen molar-refractivity contribution in [2.45, 2.75) is 25.8 Å². The average molecular weight is 205 g/mol. The fraction of sp³-hybridized carbons (Fsp3) is 0.583. The van der Waals surface area contributed by atoms with Crippen LogP contribution in [-0.4, -0.2) is 24.6 Å². The Morgan fingerprint density at radius 1 is 1.53 bits per heavy atom. The number of anilines is 1. The third-order valence-corrected chi connectivity index (χ3v) is 3.21. The predicted molar refractivity (Wildman–Crippen MR) is 62.9 cm³/mol. The number of nitrogens with two attached hydrogens (primary N) is 1. The molecule has 1 aromatic rings. The maximum absolute atomic E-state index is 5.78. The Balaban J connectivity index is 1.96. The Morgan fingerprint density at radius 3 is 2.87 bits per heavy atom. The number of aryl methyl sites for hydroxylation is 1. The topological polar surface area (TPSA) is 42.2 Å². The molecule has 0 radical (unpaired) electrons. The number of rotatable bonds is 3. The van der Waals surface area contributed by atoms with Crippen molar-refractivity contribution in [2.75, 3.05) is 18.5 Å². The second kappa shape index (κ2) is 4.19. The van der Waals surface area contributed by atoms with Gasteiger partial charge in [0.15, 0.2) is 0 Å². The Kier molecular flexibility index (Phi) is 2.91. The second-order valence-electron chi connectivity index (χ2n) is 4.64. The standard InChI is InChI=1S/C12H19N3/c1-9-7-14-4-3-12(9)15(2)8-10-5-11(13)6-10/h3-4,7,10-11H,5-6,8,13H2,1-2H3. The van der Waals surface area contributed by atoms with Crippen molar-refractivity contribution in [1.82, 2.24) is 4.98 Å². The zero-order valence-corrected chi connectivity index (χ0v) is 9.48. The van der Waals surface area contributed by atoms with E-state index in [9.17, 15) is 0 Å². The summed E-state index contributed by atoms with van der Waals surface area (Å²) in [5, 5.41) is 0. The lowest BCUT2D eigenvalue weighted by Gasteiger charge is -2.36. The first kappa shape index (κ1) is 10.4. The average Bonchev–Trinajstić information content (AvgIpc) is 2.16. The van der Waals surface area contributed by atoms with Gasteiger partial charge in [0.25, 0.3) is 0 Å². The van der Waals surface area contributed by atoms with E-state index in [2.05, 4.69) is 29.9 Å². The Hall–Kier alpha value is -1.09. The maximum Gasteiger partial charge on any atom is 0.0424 e. The molecule has 3 nitrogen and oxygen atoms in total. The molecule has 15 heavy (non-hydrogen) atoms. The van der Waals surface area contributed by atoms with Crippen LogP contribution in [0.2, 0.25) is 0 Å². The molecule has 0 bridgehead atoms. The number of hydrogen-bond acceptors (Lipinski definition) is 3. The quantitative estimate of drug-likeness (QED) is 0.814. The number of nitrogens with zero attached hydrogens (tertiary/aromatic N) is 2. The second-order valence-corrected chi connectivity index (χ2v) is 4.64. The minimum Gasteiger partial charge on any atom is -0.374 e. The van der Waals surface area contributed by atoms with Crippen LogP contribution in [0.25, 0.3) is 0 Å². The number of aromatic nitrogens is 1. The first-order chi connectivity index (χ1) is 7.16. The number of hydrogen-bond donors (Lipinski definition) is 1. The summed E-state index contributed by atoms with van der Waals surface area (Å²) in [6.45, 7) is 3.21. The Morgan fingerprint density at radius 2 is 2.27 bits per heavy atom. The molecule has 0 atom stereocenters. The minimum atomic E-state index is 0.446. The molecule has 1 aliphatic carbocycles. The molecular formula is C12H19N3. The monoisotopic (exact) mass is 205 g/mol. The van der Waals surface area contributed by atoms with Crippen LogP contribution in [0.5, 0.6) is 0 Å². The van der Waals surface area contributed by atoms with E-state index in [4.69, 9.17) is 5.73 Å². The molecule has 2 rings (SSSR count). The smallest absolute Gasteiger partial charge is 0.0424 e. The fourth-order valence-corrected chi connectivity index (χ4v) is 2.32. The molecule has 0 amide bonds. The summed E-state index contributed by atoms with van der Waals surface area (Å²) in [6.07, 6.45) is 6.12. The van der Waals surface area contributed by atoms with Gasteiger partial charge in [0, 0.05) is 37.7 Å². The lowest BCUT2D eigenvalue weighted by molar-refractivity contribution is 0.271. The van der Waals surface area contributed by atoms with E-state index in [0.717, 1.165) is 12.5 Å². The van der Waals surface area contributed by atoms with Crippen LogP contribution in [0.15, 0.2) is 18.5 Å². The molecule has 1 aromatic heterocycles. The summed E-state index contributed by atoms with van der Waals surface area (Å²) in [7, 11) is 2.15. The molecule has 0 aliphatic heterocycles. The van der Waals surface area contributed by atoms with Gasteiger partial charge in [-0.15, -0.1) is 0 Å². The van der Waals surface area contributed by atoms with Crippen molar-refractivity contribution in [1.29, 1.82) is 0 Å². The highest BCUT2D eigenvalue weighted by Gasteiger charge is 2.26. The van der Waals surface area contributed by atoms with Gasteiger partial charge in [0.1, 0.15) is 0 Å². The van der Waals surface area contributed by atoms with Gasteiger partial charge in [-0.3, -0.25) is 4.98 Å². The number of pyridine rings is 1. The van der Waals surface area contributed by atoms with E-state index in [1.165, 1.54) is 24.1 Å². The fourth-order valence-electron chi connectivity index (χ4n) is 2.32. The first-order valence-electron chi connectivity index (χ1n) is 5.54. The SMILES string of the molecule is Cc1cnccc1N(C)CC1CC(N)C1. The van der Waals surface area contributed by atoms with Gasteiger partial charge < -0.3 is 10.6 Å². The van der Waals surface area contributed by atoms with E-state index in [1.54, 1.807) is 0 Å². The van der Waals surface area contributed by atoms with Crippen LogP contribution < -0.4 is 10.6 Å². The van der Waals surface area contributed by atoms with Gasteiger partial charge in [0.2, 0.25) is 0 Å². The van der Waals surface area contributed by atoms with E-state index in [0.29, 0.717) is 6.04 Å². The van der Waals surface area contributed by atoms with Crippen LogP contribution in [0.4, 0.5) is 5.69 Å². The molecule has 0 unspecified atom stereocenters. The molecular weight excluding hydrogens is 186 g/mol. The highest BCUT2D eigenvalue weighted by Crippen LogP contribution is 2.28. The van der Waals surface area contributed by atoms with Crippen LogP contribution in [0.3, 0.4) is 0 Å². The third-order valence-electron chi connectivity index (χ3n) is 3.21. The summed E-state index contributed by atoms with van der Waals surface area (Å²) < 4.78 is 0. The maximum atomic E-state index is 5.78. The lowest BCUT2D eigenvalue weighted by atomic mass is 9.80. The van der Waals surface area contributed by atoms with Gasteiger partial charge in [-0.1, -0.05) is 0 Å². The summed E-state index contributed by atoms with van der Waals surface area (Å²) in [4.78, 5) is 6.42. The Bertz CT molecular complexity index is 331. The van der Waals surface area contributed by atoms with E-state index < -0.39 is 0 Å². The van der Waals surface area contributed by atoms with Crippen molar-refractivity contribution in [3.63, 3.8) is 0 Å². The van der Waals surface area contributed by atoms with Crippen molar-refractivity contribution >= 4 is 5.69 Å². The summed E-state index contributed by atoms with van der Waals surface area (Å²) in [5.41, 5.74) is 8.31. The lowest BCUT2D eigenvalue weighted by Crippen LogP contribution is -2.42. The highest BCUT2D eigenvalue weighted by molar-refractivity contribution is 5.50. The summed E-state index contributed by atoms with van der Waals surface area (Å²) in [5.74, 6) is 0.776. The molecule has 82 valence electrons. The zero-order valence-electron chi connectivity index (χ0n) is 9.48. The molecule has 0 spiro atoms. The normalized spacial score (nSPS) is 24.7. The molecule has 3 heteroatoms. The van der Waals surface area contributed by atoms with Crippen LogP contribution >= 0.6 is 0 Å².